The molecular formula is C24H31BrN4O4S. The molecule has 0 saturated heterocycles. The maximum absolute atomic E-state index is 12.8. The van der Waals surface area contributed by atoms with E-state index in [1.54, 1.807) is 49.6 Å². The van der Waals surface area contributed by atoms with Crippen LogP contribution in [0.3, 0.4) is 0 Å². The van der Waals surface area contributed by atoms with Gasteiger partial charge in [0.2, 0.25) is 0 Å². The number of thiocarbonyl (C=S) groups is 1. The Morgan fingerprint density at radius 3 is 2.38 bits per heavy atom. The molecule has 0 aliphatic carbocycles. The van der Waals surface area contributed by atoms with Crippen molar-refractivity contribution in [1.29, 1.82) is 0 Å². The summed E-state index contributed by atoms with van der Waals surface area (Å²) in [5, 5.41) is 8.66. The molecule has 0 heterocycles. The first-order chi connectivity index (χ1) is 16.4. The van der Waals surface area contributed by atoms with Gasteiger partial charge in [-0.25, -0.2) is 0 Å². The van der Waals surface area contributed by atoms with Gasteiger partial charge in [-0.15, -0.1) is 0 Å². The van der Waals surface area contributed by atoms with Crippen LogP contribution >= 0.6 is 28.1 Å². The van der Waals surface area contributed by atoms with Crippen LogP contribution in [0.5, 0.6) is 5.75 Å². The van der Waals surface area contributed by atoms with E-state index >= 15 is 0 Å². The van der Waals surface area contributed by atoms with Gasteiger partial charge in [0.1, 0.15) is 12.4 Å². The van der Waals surface area contributed by atoms with Gasteiger partial charge in [0.15, 0.2) is 5.11 Å². The van der Waals surface area contributed by atoms with E-state index in [1.165, 1.54) is 0 Å². The molecule has 0 aliphatic heterocycles. The molecule has 10 heteroatoms. The number of ether oxygens (including phenoxy) is 2. The van der Waals surface area contributed by atoms with Crippen molar-refractivity contribution >= 4 is 50.8 Å². The lowest BCUT2D eigenvalue weighted by molar-refractivity contribution is 0.0946. The molecule has 2 rings (SSSR count). The third-order valence-corrected chi connectivity index (χ3v) is 5.67. The highest BCUT2D eigenvalue weighted by molar-refractivity contribution is 9.10. The summed E-state index contributed by atoms with van der Waals surface area (Å²) in [6, 6.07) is 12.0. The molecule has 0 fully saturated rings. The highest BCUT2D eigenvalue weighted by Crippen LogP contribution is 2.23. The number of nitrogens with one attached hydrogen (secondary N) is 3. The Labute approximate surface area is 214 Å². The minimum Gasteiger partial charge on any atom is -0.490 e. The Kier molecular flexibility index (Phi) is 12.0. The first-order valence-electron chi connectivity index (χ1n) is 11.0. The van der Waals surface area contributed by atoms with Gasteiger partial charge >= 0.3 is 0 Å². The molecule has 0 radical (unpaired) electrons. The van der Waals surface area contributed by atoms with Crippen LogP contribution in [0, 0.1) is 0 Å². The fraction of sp³-hybridized carbons (Fsp3) is 0.375. The lowest BCUT2D eigenvalue weighted by atomic mass is 10.2. The van der Waals surface area contributed by atoms with E-state index < -0.39 is 5.91 Å². The van der Waals surface area contributed by atoms with Gasteiger partial charge in [0, 0.05) is 35.9 Å². The van der Waals surface area contributed by atoms with E-state index in [4.69, 9.17) is 21.7 Å². The van der Waals surface area contributed by atoms with Gasteiger partial charge < -0.3 is 25.0 Å². The molecule has 0 aliphatic rings. The Bertz CT molecular complexity index is 968. The summed E-state index contributed by atoms with van der Waals surface area (Å²) in [6.07, 6.45) is 0. The molecule has 8 nitrogen and oxygen atoms in total. The van der Waals surface area contributed by atoms with Crippen LogP contribution in [-0.4, -0.2) is 68.3 Å². The third kappa shape index (κ3) is 9.02. The molecule has 0 unspecified atom stereocenters. The monoisotopic (exact) mass is 550 g/mol. The third-order valence-electron chi connectivity index (χ3n) is 4.97. The second-order valence-corrected chi connectivity index (χ2v) is 8.57. The molecule has 2 aromatic rings. The van der Waals surface area contributed by atoms with Crippen LogP contribution in [-0.2, 0) is 4.74 Å². The van der Waals surface area contributed by atoms with Crippen LogP contribution < -0.4 is 20.7 Å². The highest BCUT2D eigenvalue weighted by atomic mass is 79.9. The zero-order valence-electron chi connectivity index (χ0n) is 19.7. The normalized spacial score (nSPS) is 10.6. The minimum atomic E-state index is -0.407. The molecule has 0 aromatic heterocycles. The number of anilines is 1. The summed E-state index contributed by atoms with van der Waals surface area (Å²) >= 11 is 8.66. The first-order valence-corrected chi connectivity index (χ1v) is 12.2. The van der Waals surface area contributed by atoms with E-state index in [1.807, 2.05) is 0 Å². The summed E-state index contributed by atoms with van der Waals surface area (Å²) in [5.41, 5.74) is 1.54. The SMILES string of the molecule is CCN(CC)CCNC(=O)c1ccc(NC(=S)NC(=O)c2cc(Br)ccc2OCCOC)cc1. The van der Waals surface area contributed by atoms with Gasteiger partial charge in [0.05, 0.1) is 12.2 Å². The van der Waals surface area contributed by atoms with Gasteiger partial charge in [-0.05, 0) is 67.8 Å². The lowest BCUT2D eigenvalue weighted by Gasteiger charge is -2.18. The summed E-state index contributed by atoms with van der Waals surface area (Å²) in [4.78, 5) is 27.3. The van der Waals surface area contributed by atoms with Crippen LogP contribution in [0.1, 0.15) is 34.6 Å². The average molecular weight is 552 g/mol. The molecule has 3 N–H and O–H groups in total. The van der Waals surface area contributed by atoms with Crippen LogP contribution in [0.15, 0.2) is 46.9 Å². The van der Waals surface area contributed by atoms with E-state index in [0.717, 1.165) is 24.1 Å². The lowest BCUT2D eigenvalue weighted by Crippen LogP contribution is -2.35. The average Bonchev–Trinajstić information content (AvgIpc) is 2.83. The molecule has 34 heavy (non-hydrogen) atoms. The Morgan fingerprint density at radius 2 is 1.74 bits per heavy atom. The minimum absolute atomic E-state index is 0.129. The number of rotatable bonds is 12. The summed E-state index contributed by atoms with van der Waals surface area (Å²) in [7, 11) is 1.58. The van der Waals surface area contributed by atoms with E-state index in [0.29, 0.717) is 42.3 Å². The van der Waals surface area contributed by atoms with Gasteiger partial charge in [-0.3, -0.25) is 14.9 Å². The number of nitrogens with zero attached hydrogens (tertiary/aromatic N) is 1. The molecular weight excluding hydrogens is 520 g/mol. The Balaban J connectivity index is 1.91. The van der Waals surface area contributed by atoms with Crippen molar-refractivity contribution in [2.24, 2.45) is 0 Å². The molecule has 0 bridgehead atoms. The van der Waals surface area contributed by atoms with E-state index in [2.05, 4.69) is 50.6 Å². The number of halogens is 1. The largest absolute Gasteiger partial charge is 0.490 e. The van der Waals surface area contributed by atoms with Crippen molar-refractivity contribution in [3.05, 3.63) is 58.1 Å². The second kappa shape index (κ2) is 14.7. The fourth-order valence-corrected chi connectivity index (χ4v) is 3.62. The maximum Gasteiger partial charge on any atom is 0.261 e. The number of hydrogen-bond acceptors (Lipinski definition) is 6. The van der Waals surface area contributed by atoms with Crippen LogP contribution in [0.2, 0.25) is 0 Å². The number of amides is 2. The number of carbonyl (C=O) groups excluding carboxylic acids is 2. The molecule has 2 aromatic carbocycles. The molecule has 0 saturated carbocycles. The molecule has 0 atom stereocenters. The van der Waals surface area contributed by atoms with Crippen molar-refractivity contribution in [3.8, 4) is 5.75 Å². The summed E-state index contributed by atoms with van der Waals surface area (Å²) < 4.78 is 11.4. The van der Waals surface area contributed by atoms with Gasteiger partial charge in [0.25, 0.3) is 11.8 Å². The quantitative estimate of drug-likeness (QED) is 0.274. The Hall–Kier alpha value is -2.53. The fourth-order valence-electron chi connectivity index (χ4n) is 3.05. The van der Waals surface area contributed by atoms with Gasteiger partial charge in [-0.1, -0.05) is 29.8 Å². The van der Waals surface area contributed by atoms with Crippen molar-refractivity contribution in [3.63, 3.8) is 0 Å². The van der Waals surface area contributed by atoms with Crippen molar-refractivity contribution in [2.75, 3.05) is 51.8 Å². The van der Waals surface area contributed by atoms with Crippen LogP contribution in [0.4, 0.5) is 5.69 Å². The zero-order chi connectivity index (χ0) is 24.9. The summed E-state index contributed by atoms with van der Waals surface area (Å²) in [5.74, 6) is -0.113. The maximum atomic E-state index is 12.8. The predicted octanol–water partition coefficient (Wildman–Crippen LogP) is 3.67. The van der Waals surface area contributed by atoms with Gasteiger partial charge in [-0.2, -0.15) is 0 Å². The van der Waals surface area contributed by atoms with Crippen molar-refractivity contribution < 1.29 is 19.1 Å². The smallest absolute Gasteiger partial charge is 0.261 e. The predicted molar refractivity (Wildman–Crippen MR) is 142 cm³/mol. The number of benzene rings is 2. The highest BCUT2D eigenvalue weighted by Gasteiger charge is 2.15. The Morgan fingerprint density at radius 1 is 1.03 bits per heavy atom. The first kappa shape index (κ1) is 27.7. The van der Waals surface area contributed by atoms with Crippen molar-refractivity contribution in [1.82, 2.24) is 15.5 Å². The molecule has 0 spiro atoms. The number of hydrogen-bond donors (Lipinski definition) is 3. The topological polar surface area (TPSA) is 91.9 Å². The van der Waals surface area contributed by atoms with E-state index in [-0.39, 0.29) is 11.0 Å². The standard InChI is InChI=1S/C24H31BrN4O4S/c1-4-29(5-2)13-12-26-22(30)17-6-9-19(10-7-17)27-24(34)28-23(31)20-16-18(25)8-11-21(20)33-15-14-32-3/h6-11,16H,4-5,12-15H2,1-3H3,(H,26,30)(H2,27,28,31,34). The molecule has 2 amide bonds. The number of methoxy groups -OCH3 is 1. The molecule has 184 valence electrons. The zero-order valence-corrected chi connectivity index (χ0v) is 22.1. The van der Waals surface area contributed by atoms with Crippen LogP contribution in [0.25, 0.3) is 0 Å². The summed E-state index contributed by atoms with van der Waals surface area (Å²) in [6.45, 7) is 8.21. The second-order valence-electron chi connectivity index (χ2n) is 7.25. The van der Waals surface area contributed by atoms with Crippen molar-refractivity contribution in [2.45, 2.75) is 13.8 Å². The van der Waals surface area contributed by atoms with E-state index in [9.17, 15) is 9.59 Å². The number of carbonyl (C=O) groups is 2. The number of likely N-dealkylation sites (N-methyl/N-ethyl adjacent to an activating group) is 1.